The number of halogens is 1. The zero-order valence-electron chi connectivity index (χ0n) is 15.5. The van der Waals surface area contributed by atoms with Crippen LogP contribution in [-0.4, -0.2) is 32.6 Å². The normalized spacial score (nSPS) is 18.2. The molecule has 1 fully saturated rings. The zero-order chi connectivity index (χ0) is 19.0. The van der Waals surface area contributed by atoms with Crippen LogP contribution >= 0.6 is 11.6 Å². The summed E-state index contributed by atoms with van der Waals surface area (Å²) in [6.07, 6.45) is 2.01. The molecule has 1 aromatic heterocycles. The van der Waals surface area contributed by atoms with Gasteiger partial charge in [-0.05, 0) is 58.2 Å². The van der Waals surface area contributed by atoms with Gasteiger partial charge in [0.1, 0.15) is 0 Å². The van der Waals surface area contributed by atoms with Crippen molar-refractivity contribution in [1.82, 2.24) is 9.88 Å². The number of hydrogen-bond acceptors (Lipinski definition) is 2. The Bertz CT molecular complexity index is 878. The van der Waals surface area contributed by atoms with Crippen LogP contribution in [0.4, 0.5) is 5.69 Å². The van der Waals surface area contributed by atoms with E-state index < -0.39 is 11.0 Å². The number of nitrogens with one attached hydrogen (secondary N) is 2. The fraction of sp³-hybridized carbons (Fsp3) is 0.421. The topological polar surface area (TPSA) is 65.2 Å². The van der Waals surface area contributed by atoms with E-state index in [-0.39, 0.29) is 11.9 Å². The zero-order valence-corrected chi connectivity index (χ0v) is 17.1. The molecule has 2 heterocycles. The number of amides is 1. The summed E-state index contributed by atoms with van der Waals surface area (Å²) in [6, 6.07) is 5.66. The number of nitrogens with zero attached hydrogens (tertiary/aromatic N) is 1. The monoisotopic (exact) mass is 393 g/mol. The van der Waals surface area contributed by atoms with Crippen molar-refractivity contribution in [3.8, 4) is 0 Å². The van der Waals surface area contributed by atoms with E-state index in [1.165, 1.54) is 0 Å². The molecule has 0 spiro atoms. The lowest BCUT2D eigenvalue weighted by Gasteiger charge is -2.22. The van der Waals surface area contributed by atoms with Gasteiger partial charge in [0.05, 0.1) is 10.5 Å². The first kappa shape index (κ1) is 19.0. The van der Waals surface area contributed by atoms with E-state index in [2.05, 4.69) is 16.6 Å². The van der Waals surface area contributed by atoms with Crippen molar-refractivity contribution in [2.45, 2.75) is 51.5 Å². The fourth-order valence-corrected chi connectivity index (χ4v) is 4.82. The van der Waals surface area contributed by atoms with Gasteiger partial charge in [0.25, 0.3) is 5.91 Å². The summed E-state index contributed by atoms with van der Waals surface area (Å²) in [5, 5.41) is 0.608. The van der Waals surface area contributed by atoms with Crippen molar-refractivity contribution in [3.63, 3.8) is 0 Å². The first-order valence-electron chi connectivity index (χ1n) is 8.74. The van der Waals surface area contributed by atoms with Gasteiger partial charge in [-0.2, -0.15) is 0 Å². The molecule has 1 aliphatic rings. The quantitative estimate of drug-likeness (QED) is 0.810. The van der Waals surface area contributed by atoms with E-state index in [4.69, 9.17) is 11.6 Å². The van der Waals surface area contributed by atoms with Gasteiger partial charge in [-0.3, -0.25) is 4.79 Å². The summed E-state index contributed by atoms with van der Waals surface area (Å²) in [7, 11) is -1.57. The summed E-state index contributed by atoms with van der Waals surface area (Å²) in [4.78, 5) is 18.7. The summed E-state index contributed by atoms with van der Waals surface area (Å²) < 4.78 is 16.0. The molecule has 0 radical (unpaired) electrons. The minimum Gasteiger partial charge on any atom is -0.361 e. The van der Waals surface area contributed by atoms with E-state index >= 15 is 0 Å². The van der Waals surface area contributed by atoms with E-state index in [9.17, 15) is 9.00 Å². The second-order valence-corrected chi connectivity index (χ2v) is 8.46. The Balaban J connectivity index is 1.93. The molecule has 0 saturated carbocycles. The first-order valence-corrected chi connectivity index (χ1v) is 10.3. The van der Waals surface area contributed by atoms with Crippen molar-refractivity contribution in [1.29, 1.82) is 0 Å². The van der Waals surface area contributed by atoms with Crippen molar-refractivity contribution >= 4 is 34.2 Å². The average Bonchev–Trinajstić information content (AvgIpc) is 3.13. The lowest BCUT2D eigenvalue weighted by atomic mass is 10.2. The standard InChI is InChI=1S/C19H24ClN3O2S/c1-11-7-8-15(10-16(11)20)22-26(25)18-14(4)21-13(3)17(18)19(24)23-9-5-6-12(23)2/h7-8,10,12,21-22H,5-6,9H2,1-4H3. The Morgan fingerprint density at radius 1 is 1.31 bits per heavy atom. The molecule has 7 heteroatoms. The molecule has 5 nitrogen and oxygen atoms in total. The Hall–Kier alpha value is -1.79. The molecule has 1 aromatic carbocycles. The lowest BCUT2D eigenvalue weighted by molar-refractivity contribution is 0.0743. The third kappa shape index (κ3) is 3.53. The van der Waals surface area contributed by atoms with E-state index in [0.717, 1.165) is 36.3 Å². The maximum atomic E-state index is 13.1. The van der Waals surface area contributed by atoms with Gasteiger partial charge >= 0.3 is 0 Å². The molecule has 0 aliphatic carbocycles. The highest BCUT2D eigenvalue weighted by Gasteiger charge is 2.32. The highest BCUT2D eigenvalue weighted by atomic mass is 35.5. The molecular formula is C19H24ClN3O2S. The van der Waals surface area contributed by atoms with Gasteiger partial charge in [-0.15, -0.1) is 0 Å². The maximum absolute atomic E-state index is 13.1. The van der Waals surface area contributed by atoms with Crippen LogP contribution in [0.15, 0.2) is 23.1 Å². The molecule has 0 bridgehead atoms. The summed E-state index contributed by atoms with van der Waals surface area (Å²) >= 11 is 6.16. The maximum Gasteiger partial charge on any atom is 0.257 e. The van der Waals surface area contributed by atoms with E-state index in [1.807, 2.05) is 37.8 Å². The summed E-state index contributed by atoms with van der Waals surface area (Å²) in [5.74, 6) is -0.0519. The minimum absolute atomic E-state index is 0.0519. The van der Waals surface area contributed by atoms with E-state index in [1.54, 1.807) is 6.07 Å². The van der Waals surface area contributed by atoms with Gasteiger partial charge in [-0.25, -0.2) is 4.21 Å². The van der Waals surface area contributed by atoms with Gasteiger partial charge in [0.15, 0.2) is 11.0 Å². The number of rotatable bonds is 4. The van der Waals surface area contributed by atoms with Crippen molar-refractivity contribution in [3.05, 3.63) is 45.7 Å². The third-order valence-corrected chi connectivity index (χ3v) is 6.62. The van der Waals surface area contributed by atoms with Gasteiger partial charge in [0, 0.05) is 34.7 Å². The second-order valence-electron chi connectivity index (χ2n) is 6.90. The molecule has 2 N–H and O–H groups in total. The first-order chi connectivity index (χ1) is 12.3. The number of aryl methyl sites for hydroxylation is 3. The Morgan fingerprint density at radius 3 is 2.65 bits per heavy atom. The van der Waals surface area contributed by atoms with Gasteiger partial charge < -0.3 is 14.6 Å². The molecule has 1 amide bonds. The molecule has 3 rings (SSSR count). The largest absolute Gasteiger partial charge is 0.361 e. The van der Waals surface area contributed by atoms with Crippen LogP contribution in [0.3, 0.4) is 0 Å². The number of anilines is 1. The molecular weight excluding hydrogens is 370 g/mol. The molecule has 140 valence electrons. The minimum atomic E-state index is -1.57. The van der Waals surface area contributed by atoms with Crippen LogP contribution in [0.2, 0.25) is 5.02 Å². The smallest absolute Gasteiger partial charge is 0.257 e. The van der Waals surface area contributed by atoms with Crippen LogP contribution in [-0.2, 0) is 11.0 Å². The Morgan fingerprint density at radius 2 is 2.04 bits per heavy atom. The fourth-order valence-electron chi connectivity index (χ4n) is 3.44. The van der Waals surface area contributed by atoms with Crippen LogP contribution in [0.1, 0.15) is 47.1 Å². The lowest BCUT2D eigenvalue weighted by Crippen LogP contribution is -2.34. The van der Waals surface area contributed by atoms with Gasteiger partial charge in [-0.1, -0.05) is 17.7 Å². The van der Waals surface area contributed by atoms with E-state index in [0.29, 0.717) is 21.2 Å². The predicted molar refractivity (Wildman–Crippen MR) is 106 cm³/mol. The van der Waals surface area contributed by atoms with Crippen LogP contribution in [0.25, 0.3) is 0 Å². The Kier molecular flexibility index (Phi) is 5.44. The summed E-state index contributed by atoms with van der Waals surface area (Å²) in [5.41, 5.74) is 3.61. The number of carbonyl (C=O) groups excluding carboxylic acids is 1. The number of H-pyrrole nitrogens is 1. The molecule has 2 unspecified atom stereocenters. The molecule has 1 saturated heterocycles. The number of benzene rings is 1. The third-order valence-electron chi connectivity index (χ3n) is 4.91. The number of hydrogen-bond donors (Lipinski definition) is 2. The van der Waals surface area contributed by atoms with Crippen molar-refractivity contribution in [2.75, 3.05) is 11.3 Å². The van der Waals surface area contributed by atoms with Crippen molar-refractivity contribution in [2.24, 2.45) is 0 Å². The SMILES string of the molecule is Cc1ccc(NS(=O)c2c(C)[nH]c(C)c2C(=O)N2CCCC2C)cc1Cl. The van der Waals surface area contributed by atoms with Crippen LogP contribution < -0.4 is 4.72 Å². The second kappa shape index (κ2) is 7.45. The highest BCUT2D eigenvalue weighted by Crippen LogP contribution is 2.29. The van der Waals surface area contributed by atoms with Crippen LogP contribution in [0.5, 0.6) is 0 Å². The number of aromatic amines is 1. The van der Waals surface area contributed by atoms with Gasteiger partial charge in [0.2, 0.25) is 0 Å². The van der Waals surface area contributed by atoms with Crippen LogP contribution in [0, 0.1) is 20.8 Å². The van der Waals surface area contributed by atoms with Crippen molar-refractivity contribution < 1.29 is 9.00 Å². The number of likely N-dealkylation sites (tertiary alicyclic amines) is 1. The molecule has 26 heavy (non-hydrogen) atoms. The Labute approximate surface area is 161 Å². The average molecular weight is 394 g/mol. The molecule has 2 aromatic rings. The highest BCUT2D eigenvalue weighted by molar-refractivity contribution is 7.86. The molecule has 2 atom stereocenters. The number of carbonyl (C=O) groups is 1. The number of aromatic nitrogens is 1. The summed E-state index contributed by atoms with van der Waals surface area (Å²) in [6.45, 7) is 8.41. The predicted octanol–water partition coefficient (Wildman–Crippen LogP) is 4.35. The molecule has 1 aliphatic heterocycles.